The monoisotopic (exact) mass is 217 g/mol. The zero-order chi connectivity index (χ0) is 11.7. The Morgan fingerprint density at radius 1 is 1.25 bits per heavy atom. The van der Waals surface area contributed by atoms with Crippen LogP contribution in [0, 0.1) is 6.92 Å². The summed E-state index contributed by atoms with van der Waals surface area (Å²) in [5, 5.41) is 4.43. The van der Waals surface area contributed by atoms with Crippen molar-refractivity contribution in [3.63, 3.8) is 0 Å². The lowest BCUT2D eigenvalue weighted by Gasteiger charge is -2.02. The van der Waals surface area contributed by atoms with Gasteiger partial charge in [0.15, 0.2) is 0 Å². The third kappa shape index (κ3) is 1.88. The summed E-state index contributed by atoms with van der Waals surface area (Å²) in [7, 11) is 0. The maximum absolute atomic E-state index is 5.50. The maximum atomic E-state index is 5.50. The van der Waals surface area contributed by atoms with Crippen LogP contribution in [-0.2, 0) is 0 Å². The minimum atomic E-state index is 0.342. The topological polar surface area (TPSA) is 69.6 Å². The highest BCUT2D eigenvalue weighted by molar-refractivity contribution is 5.60. The standard InChI is InChI=1S/C11H15N5/c1-7(2)16-6-9(8(3)15-16)10-4-14-11(12)5-13-10/h4-7H,1-3H3,(H2,12,14). The summed E-state index contributed by atoms with van der Waals surface area (Å²) < 4.78 is 1.92. The van der Waals surface area contributed by atoms with Crippen LogP contribution in [0.2, 0.25) is 0 Å². The largest absolute Gasteiger partial charge is 0.382 e. The summed E-state index contributed by atoms with van der Waals surface area (Å²) in [4.78, 5) is 8.27. The molecule has 5 nitrogen and oxygen atoms in total. The number of aryl methyl sites for hydroxylation is 1. The van der Waals surface area contributed by atoms with Gasteiger partial charge in [-0.15, -0.1) is 0 Å². The number of nitrogens with zero attached hydrogens (tertiary/aromatic N) is 4. The molecule has 0 saturated carbocycles. The number of hydrogen-bond acceptors (Lipinski definition) is 4. The summed E-state index contributed by atoms with van der Waals surface area (Å²) in [5.41, 5.74) is 8.26. The first kappa shape index (κ1) is 10.6. The molecule has 2 heterocycles. The van der Waals surface area contributed by atoms with E-state index < -0.39 is 0 Å². The Morgan fingerprint density at radius 2 is 2.00 bits per heavy atom. The predicted octanol–water partition coefficient (Wildman–Crippen LogP) is 1.81. The highest BCUT2D eigenvalue weighted by Gasteiger charge is 2.10. The number of anilines is 1. The number of nitrogens with two attached hydrogens (primary N) is 1. The molecular formula is C11H15N5. The molecule has 2 aromatic rings. The summed E-state index contributed by atoms with van der Waals surface area (Å²) in [6, 6.07) is 0.342. The number of nitrogen functional groups attached to an aromatic ring is 1. The minimum absolute atomic E-state index is 0.342. The van der Waals surface area contributed by atoms with Crippen molar-refractivity contribution < 1.29 is 0 Å². The molecule has 16 heavy (non-hydrogen) atoms. The van der Waals surface area contributed by atoms with Crippen molar-refractivity contribution in [2.24, 2.45) is 0 Å². The molecule has 84 valence electrons. The van der Waals surface area contributed by atoms with Gasteiger partial charge in [-0.2, -0.15) is 5.10 Å². The van der Waals surface area contributed by atoms with E-state index in [4.69, 9.17) is 5.73 Å². The van der Waals surface area contributed by atoms with Crippen LogP contribution in [0.25, 0.3) is 11.3 Å². The summed E-state index contributed by atoms with van der Waals surface area (Å²) in [6.07, 6.45) is 5.21. The van der Waals surface area contributed by atoms with Crippen molar-refractivity contribution in [1.29, 1.82) is 0 Å². The second-order valence-corrected chi connectivity index (χ2v) is 4.03. The van der Waals surface area contributed by atoms with Crippen LogP contribution in [0.1, 0.15) is 25.6 Å². The molecule has 0 spiro atoms. The van der Waals surface area contributed by atoms with Gasteiger partial charge in [0.05, 0.1) is 23.8 Å². The van der Waals surface area contributed by atoms with Gasteiger partial charge in [0, 0.05) is 17.8 Å². The van der Waals surface area contributed by atoms with Crippen LogP contribution < -0.4 is 5.73 Å². The number of hydrogen-bond donors (Lipinski definition) is 1. The molecule has 0 unspecified atom stereocenters. The van der Waals surface area contributed by atoms with Gasteiger partial charge >= 0.3 is 0 Å². The van der Waals surface area contributed by atoms with Gasteiger partial charge in [-0.3, -0.25) is 9.67 Å². The van der Waals surface area contributed by atoms with Gasteiger partial charge in [-0.05, 0) is 20.8 Å². The average molecular weight is 217 g/mol. The Balaban J connectivity index is 2.44. The average Bonchev–Trinajstić information content (AvgIpc) is 2.62. The molecule has 0 aromatic carbocycles. The van der Waals surface area contributed by atoms with E-state index in [1.54, 1.807) is 12.4 Å². The molecule has 0 aliphatic heterocycles. The van der Waals surface area contributed by atoms with Gasteiger partial charge < -0.3 is 5.73 Å². The van der Waals surface area contributed by atoms with E-state index >= 15 is 0 Å². The van der Waals surface area contributed by atoms with Crippen molar-refractivity contribution in [3.8, 4) is 11.3 Å². The Kier molecular flexibility index (Phi) is 2.60. The molecule has 2 aromatic heterocycles. The van der Waals surface area contributed by atoms with Crippen molar-refractivity contribution in [2.75, 3.05) is 5.73 Å². The minimum Gasteiger partial charge on any atom is -0.382 e. The van der Waals surface area contributed by atoms with Gasteiger partial charge in [0.1, 0.15) is 5.82 Å². The molecule has 0 aliphatic carbocycles. The molecule has 0 fully saturated rings. The predicted molar refractivity (Wildman–Crippen MR) is 62.8 cm³/mol. The van der Waals surface area contributed by atoms with E-state index in [1.165, 1.54) is 0 Å². The van der Waals surface area contributed by atoms with Gasteiger partial charge in [-0.1, -0.05) is 0 Å². The first-order chi connectivity index (χ1) is 7.58. The lowest BCUT2D eigenvalue weighted by Crippen LogP contribution is -2.00. The normalized spacial score (nSPS) is 11.0. The van der Waals surface area contributed by atoms with Crippen LogP contribution in [0.5, 0.6) is 0 Å². The third-order valence-corrected chi connectivity index (χ3v) is 2.39. The second-order valence-electron chi connectivity index (χ2n) is 4.03. The quantitative estimate of drug-likeness (QED) is 0.832. The van der Waals surface area contributed by atoms with Crippen molar-refractivity contribution in [1.82, 2.24) is 19.7 Å². The van der Waals surface area contributed by atoms with Crippen LogP contribution in [0.4, 0.5) is 5.82 Å². The Labute approximate surface area is 94.3 Å². The molecule has 2 N–H and O–H groups in total. The number of rotatable bonds is 2. The molecule has 5 heteroatoms. The van der Waals surface area contributed by atoms with E-state index in [0.29, 0.717) is 11.9 Å². The van der Waals surface area contributed by atoms with Crippen LogP contribution in [-0.4, -0.2) is 19.7 Å². The zero-order valence-electron chi connectivity index (χ0n) is 9.68. The lowest BCUT2D eigenvalue weighted by molar-refractivity contribution is 0.529. The van der Waals surface area contributed by atoms with E-state index in [2.05, 4.69) is 28.9 Å². The highest BCUT2D eigenvalue weighted by Crippen LogP contribution is 2.21. The summed E-state index contributed by atoms with van der Waals surface area (Å²) in [6.45, 7) is 6.14. The lowest BCUT2D eigenvalue weighted by atomic mass is 10.2. The first-order valence-corrected chi connectivity index (χ1v) is 5.21. The Hall–Kier alpha value is -1.91. The van der Waals surface area contributed by atoms with Gasteiger partial charge in [-0.25, -0.2) is 4.98 Å². The smallest absolute Gasteiger partial charge is 0.141 e. The highest BCUT2D eigenvalue weighted by atomic mass is 15.3. The Morgan fingerprint density at radius 3 is 2.50 bits per heavy atom. The van der Waals surface area contributed by atoms with Crippen LogP contribution >= 0.6 is 0 Å². The van der Waals surface area contributed by atoms with Crippen LogP contribution in [0.15, 0.2) is 18.6 Å². The third-order valence-electron chi connectivity index (χ3n) is 2.39. The molecule has 0 radical (unpaired) electrons. The SMILES string of the molecule is Cc1nn(C(C)C)cc1-c1cnc(N)cn1. The maximum Gasteiger partial charge on any atom is 0.141 e. The molecule has 0 saturated heterocycles. The number of aromatic nitrogens is 4. The van der Waals surface area contributed by atoms with E-state index in [0.717, 1.165) is 17.0 Å². The molecule has 2 rings (SSSR count). The van der Waals surface area contributed by atoms with Crippen LogP contribution in [0.3, 0.4) is 0 Å². The molecular weight excluding hydrogens is 202 g/mol. The van der Waals surface area contributed by atoms with Crippen molar-refractivity contribution in [2.45, 2.75) is 26.8 Å². The van der Waals surface area contributed by atoms with E-state index in [-0.39, 0.29) is 0 Å². The second kappa shape index (κ2) is 3.92. The molecule has 0 aliphatic rings. The molecule has 0 amide bonds. The zero-order valence-corrected chi connectivity index (χ0v) is 9.68. The molecule has 0 bridgehead atoms. The molecule has 0 atom stereocenters. The summed E-state index contributed by atoms with van der Waals surface area (Å²) >= 11 is 0. The first-order valence-electron chi connectivity index (χ1n) is 5.21. The van der Waals surface area contributed by atoms with E-state index in [1.807, 2.05) is 17.8 Å². The van der Waals surface area contributed by atoms with E-state index in [9.17, 15) is 0 Å². The van der Waals surface area contributed by atoms with Gasteiger partial charge in [0.25, 0.3) is 0 Å². The fourth-order valence-corrected chi connectivity index (χ4v) is 1.47. The fourth-order valence-electron chi connectivity index (χ4n) is 1.47. The Bertz CT molecular complexity index is 484. The summed E-state index contributed by atoms with van der Waals surface area (Å²) in [5.74, 6) is 0.428. The van der Waals surface area contributed by atoms with Gasteiger partial charge in [0.2, 0.25) is 0 Å². The van der Waals surface area contributed by atoms with Crippen molar-refractivity contribution in [3.05, 3.63) is 24.3 Å². The fraction of sp³-hybridized carbons (Fsp3) is 0.364. The van der Waals surface area contributed by atoms with Crippen molar-refractivity contribution >= 4 is 5.82 Å².